The first kappa shape index (κ1) is 24.2. The summed E-state index contributed by atoms with van der Waals surface area (Å²) in [4.78, 5) is 4.55. The number of rotatable bonds is 11. The number of aliphatic hydroxyl groups excluding tert-OH is 1. The Morgan fingerprint density at radius 3 is 2.55 bits per heavy atom. The van der Waals surface area contributed by atoms with Crippen LogP contribution < -0.4 is 24.8 Å². The summed E-state index contributed by atoms with van der Waals surface area (Å²) in [5.41, 5.74) is 2.44. The largest absolute Gasteiger partial charge is 0.493 e. The van der Waals surface area contributed by atoms with Crippen LogP contribution in [0.5, 0.6) is 17.2 Å². The number of methoxy groups -OCH3 is 1. The van der Waals surface area contributed by atoms with Crippen LogP contribution in [-0.2, 0) is 13.1 Å². The third kappa shape index (κ3) is 7.93. The van der Waals surface area contributed by atoms with Gasteiger partial charge in [0.1, 0.15) is 12.4 Å². The molecule has 0 atom stereocenters. The molecule has 7 nitrogen and oxygen atoms in total. The standard InChI is InChI=1S/C22H29F2N3O4/c1-4-25-22(27-14-17-11-15(2)5-7-18(17)31-21(23)24)26-13-16-6-8-19(30-10-9-28)20(12-16)29-3/h5-8,11-12,21,28H,4,9-10,13-14H2,1-3H3,(H2,25,26,27). The van der Waals surface area contributed by atoms with E-state index < -0.39 is 6.61 Å². The van der Waals surface area contributed by atoms with Crippen molar-refractivity contribution in [2.24, 2.45) is 4.99 Å². The Bertz CT molecular complexity index is 863. The van der Waals surface area contributed by atoms with Crippen LogP contribution >= 0.6 is 0 Å². The lowest BCUT2D eigenvalue weighted by Crippen LogP contribution is -2.36. The van der Waals surface area contributed by atoms with Crippen molar-refractivity contribution in [1.29, 1.82) is 0 Å². The van der Waals surface area contributed by atoms with Gasteiger partial charge in [0.15, 0.2) is 17.5 Å². The van der Waals surface area contributed by atoms with E-state index in [1.54, 1.807) is 25.3 Å². The molecule has 2 aromatic carbocycles. The number of nitrogens with zero attached hydrogens (tertiary/aromatic N) is 1. The van der Waals surface area contributed by atoms with E-state index in [1.165, 1.54) is 6.07 Å². The summed E-state index contributed by atoms with van der Waals surface area (Å²) in [6.45, 7) is 2.30. The Kier molecular flexibility index (Phi) is 9.83. The summed E-state index contributed by atoms with van der Waals surface area (Å²) >= 11 is 0. The van der Waals surface area contributed by atoms with E-state index in [2.05, 4.69) is 20.4 Å². The van der Waals surface area contributed by atoms with E-state index >= 15 is 0 Å². The van der Waals surface area contributed by atoms with E-state index in [4.69, 9.17) is 14.6 Å². The second-order valence-corrected chi connectivity index (χ2v) is 6.60. The second-order valence-electron chi connectivity index (χ2n) is 6.60. The lowest BCUT2D eigenvalue weighted by molar-refractivity contribution is -0.0504. The van der Waals surface area contributed by atoms with Crippen LogP contribution in [0.1, 0.15) is 23.6 Å². The van der Waals surface area contributed by atoms with E-state index in [0.717, 1.165) is 11.1 Å². The van der Waals surface area contributed by atoms with Gasteiger partial charge in [0.2, 0.25) is 0 Å². The summed E-state index contributed by atoms with van der Waals surface area (Å²) in [6, 6.07) is 10.5. The highest BCUT2D eigenvalue weighted by molar-refractivity contribution is 5.79. The van der Waals surface area contributed by atoms with Crippen LogP contribution in [0.3, 0.4) is 0 Å². The van der Waals surface area contributed by atoms with Crippen molar-refractivity contribution in [3.63, 3.8) is 0 Å². The maximum absolute atomic E-state index is 12.7. The van der Waals surface area contributed by atoms with E-state index in [1.807, 2.05) is 26.0 Å². The van der Waals surface area contributed by atoms with Crippen LogP contribution in [0.4, 0.5) is 8.78 Å². The molecule has 0 fully saturated rings. The van der Waals surface area contributed by atoms with Gasteiger partial charge in [-0.2, -0.15) is 8.78 Å². The van der Waals surface area contributed by atoms with Crippen molar-refractivity contribution < 1.29 is 28.1 Å². The number of alkyl halides is 2. The molecule has 0 unspecified atom stereocenters. The molecule has 0 bridgehead atoms. The zero-order valence-corrected chi connectivity index (χ0v) is 18.0. The molecule has 31 heavy (non-hydrogen) atoms. The lowest BCUT2D eigenvalue weighted by Gasteiger charge is -2.15. The van der Waals surface area contributed by atoms with Gasteiger partial charge in [-0.05, 0) is 37.6 Å². The Labute approximate surface area is 181 Å². The Balaban J connectivity index is 2.10. The highest BCUT2D eigenvalue weighted by atomic mass is 19.3. The van der Waals surface area contributed by atoms with E-state index in [-0.39, 0.29) is 25.5 Å². The van der Waals surface area contributed by atoms with Crippen LogP contribution in [0, 0.1) is 6.92 Å². The molecule has 3 N–H and O–H groups in total. The zero-order chi connectivity index (χ0) is 22.6. The normalized spacial score (nSPS) is 11.4. The minimum atomic E-state index is -2.89. The number of aryl methyl sites for hydroxylation is 1. The molecule has 2 aromatic rings. The predicted octanol–water partition coefficient (Wildman–Crippen LogP) is 3.23. The molecule has 9 heteroatoms. The molecule has 0 radical (unpaired) electrons. The number of aliphatic hydroxyl groups is 1. The SMILES string of the molecule is CCNC(=NCc1ccc(OCCO)c(OC)c1)NCc1cc(C)ccc1OC(F)F. The summed E-state index contributed by atoms with van der Waals surface area (Å²) in [5.74, 6) is 1.76. The molecule has 2 rings (SSSR count). The lowest BCUT2D eigenvalue weighted by atomic mass is 10.1. The molecule has 0 aliphatic heterocycles. The van der Waals surface area contributed by atoms with E-state index in [9.17, 15) is 8.78 Å². The summed E-state index contributed by atoms with van der Waals surface area (Å²) in [6.07, 6.45) is 0. The number of hydrogen-bond donors (Lipinski definition) is 3. The topological polar surface area (TPSA) is 84.3 Å². The Hall–Kier alpha value is -3.07. The average molecular weight is 437 g/mol. The van der Waals surface area contributed by atoms with Gasteiger partial charge in [0.25, 0.3) is 0 Å². The minimum absolute atomic E-state index is 0.0854. The van der Waals surface area contributed by atoms with Crippen molar-refractivity contribution in [3.8, 4) is 17.2 Å². The number of hydrogen-bond acceptors (Lipinski definition) is 5. The first-order valence-electron chi connectivity index (χ1n) is 9.93. The molecule has 0 aliphatic rings. The number of guanidine groups is 1. The van der Waals surface area contributed by atoms with Crippen molar-refractivity contribution in [2.45, 2.75) is 33.5 Å². The highest BCUT2D eigenvalue weighted by Gasteiger charge is 2.11. The smallest absolute Gasteiger partial charge is 0.387 e. The predicted molar refractivity (Wildman–Crippen MR) is 115 cm³/mol. The molecule has 0 aromatic heterocycles. The van der Waals surface area contributed by atoms with Crippen LogP contribution in [0.2, 0.25) is 0 Å². The number of benzene rings is 2. The quantitative estimate of drug-likeness (QED) is 0.370. The highest BCUT2D eigenvalue weighted by Crippen LogP contribution is 2.28. The van der Waals surface area contributed by atoms with Crippen molar-refractivity contribution in [1.82, 2.24) is 10.6 Å². The maximum atomic E-state index is 12.7. The van der Waals surface area contributed by atoms with Gasteiger partial charge in [-0.3, -0.25) is 0 Å². The monoisotopic (exact) mass is 437 g/mol. The fourth-order valence-electron chi connectivity index (χ4n) is 2.83. The number of aliphatic imine (C=N–C) groups is 1. The molecule has 0 saturated carbocycles. The molecule has 170 valence electrons. The number of ether oxygens (including phenoxy) is 3. The van der Waals surface area contributed by atoms with Gasteiger partial charge in [0.05, 0.1) is 20.3 Å². The third-order valence-corrected chi connectivity index (χ3v) is 4.22. The zero-order valence-electron chi connectivity index (χ0n) is 18.0. The molecule has 0 heterocycles. The third-order valence-electron chi connectivity index (χ3n) is 4.22. The Morgan fingerprint density at radius 1 is 1.10 bits per heavy atom. The van der Waals surface area contributed by atoms with Crippen LogP contribution in [0.25, 0.3) is 0 Å². The summed E-state index contributed by atoms with van der Waals surface area (Å²) in [5, 5.41) is 15.2. The number of nitrogens with one attached hydrogen (secondary N) is 2. The maximum Gasteiger partial charge on any atom is 0.387 e. The fourth-order valence-corrected chi connectivity index (χ4v) is 2.83. The van der Waals surface area contributed by atoms with Gasteiger partial charge in [0, 0.05) is 18.7 Å². The van der Waals surface area contributed by atoms with Gasteiger partial charge < -0.3 is 30.0 Å². The van der Waals surface area contributed by atoms with E-state index in [0.29, 0.717) is 36.1 Å². The van der Waals surface area contributed by atoms with Crippen molar-refractivity contribution in [2.75, 3.05) is 26.9 Å². The Morgan fingerprint density at radius 2 is 1.87 bits per heavy atom. The van der Waals surface area contributed by atoms with Gasteiger partial charge in [-0.25, -0.2) is 4.99 Å². The summed E-state index contributed by atoms with van der Waals surface area (Å²) < 4.78 is 40.7. The number of halogens is 2. The van der Waals surface area contributed by atoms with Gasteiger partial charge in [-0.15, -0.1) is 0 Å². The van der Waals surface area contributed by atoms with Crippen molar-refractivity contribution >= 4 is 5.96 Å². The first-order chi connectivity index (χ1) is 15.0. The van der Waals surface area contributed by atoms with Crippen molar-refractivity contribution in [3.05, 3.63) is 53.1 Å². The minimum Gasteiger partial charge on any atom is -0.493 e. The molecule has 0 saturated heterocycles. The second kappa shape index (κ2) is 12.6. The fraction of sp³-hybridized carbons (Fsp3) is 0.409. The molecular formula is C22H29F2N3O4. The van der Waals surface area contributed by atoms with Gasteiger partial charge >= 0.3 is 6.61 Å². The summed E-state index contributed by atoms with van der Waals surface area (Å²) in [7, 11) is 1.54. The molecule has 0 aliphatic carbocycles. The van der Waals surface area contributed by atoms with Crippen LogP contribution in [-0.4, -0.2) is 44.5 Å². The molecule has 0 amide bonds. The molecular weight excluding hydrogens is 408 g/mol. The van der Waals surface area contributed by atoms with Crippen LogP contribution in [0.15, 0.2) is 41.4 Å². The average Bonchev–Trinajstić information content (AvgIpc) is 2.75. The molecule has 0 spiro atoms. The first-order valence-corrected chi connectivity index (χ1v) is 9.93. The van der Waals surface area contributed by atoms with Gasteiger partial charge in [-0.1, -0.05) is 23.8 Å².